The van der Waals surface area contributed by atoms with E-state index in [0.29, 0.717) is 10.4 Å². The molecule has 3 rings (SSSR count). The van der Waals surface area contributed by atoms with Crippen LogP contribution in [0.15, 0.2) is 40.8 Å². The highest BCUT2D eigenvalue weighted by Crippen LogP contribution is 2.30. The lowest BCUT2D eigenvalue weighted by Gasteiger charge is -1.98. The van der Waals surface area contributed by atoms with Gasteiger partial charge in [0.2, 0.25) is 0 Å². The molecule has 0 atom stereocenters. The average Bonchev–Trinajstić information content (AvgIpc) is 2.75. The third-order valence-electron chi connectivity index (χ3n) is 2.53. The minimum absolute atomic E-state index is 0.110. The van der Waals surface area contributed by atoms with Crippen LogP contribution in [-0.2, 0) is 0 Å². The molecule has 0 saturated carbocycles. The number of nitrogens with one attached hydrogen (secondary N) is 1. The van der Waals surface area contributed by atoms with Crippen molar-refractivity contribution in [2.45, 2.75) is 0 Å². The molecular weight excluding hydrogens is 256 g/mol. The highest BCUT2D eigenvalue weighted by Gasteiger charge is 2.10. The van der Waals surface area contributed by atoms with Crippen molar-refractivity contribution in [3.05, 3.63) is 51.3 Å². The van der Waals surface area contributed by atoms with Crippen molar-refractivity contribution in [3.8, 4) is 11.1 Å². The molecule has 0 fully saturated rings. The fourth-order valence-corrected chi connectivity index (χ4v) is 2.77. The van der Waals surface area contributed by atoms with Crippen LogP contribution in [0.2, 0.25) is 5.02 Å². The molecule has 3 aromatic rings. The molecule has 0 saturated heterocycles. The Bertz CT molecular complexity index is 730. The van der Waals surface area contributed by atoms with E-state index >= 15 is 0 Å². The van der Waals surface area contributed by atoms with Crippen molar-refractivity contribution in [2.75, 3.05) is 0 Å². The van der Waals surface area contributed by atoms with Gasteiger partial charge in [-0.3, -0.25) is 4.79 Å². The Morgan fingerprint density at radius 1 is 1.24 bits per heavy atom. The van der Waals surface area contributed by atoms with E-state index in [4.69, 9.17) is 11.6 Å². The number of nitrogens with zero attached hydrogens (tertiary/aromatic N) is 1. The van der Waals surface area contributed by atoms with Crippen molar-refractivity contribution in [1.29, 1.82) is 0 Å². The van der Waals surface area contributed by atoms with Gasteiger partial charge in [0.15, 0.2) is 0 Å². The number of rotatable bonds is 1. The number of benzene rings is 1. The molecule has 2 heterocycles. The molecule has 84 valence electrons. The highest BCUT2D eigenvalue weighted by molar-refractivity contribution is 7.17. The van der Waals surface area contributed by atoms with Crippen LogP contribution in [0, 0.1) is 0 Å². The fourth-order valence-electron chi connectivity index (χ4n) is 1.73. The summed E-state index contributed by atoms with van der Waals surface area (Å²) in [6, 6.07) is 7.42. The zero-order chi connectivity index (χ0) is 11.8. The molecule has 0 radical (unpaired) electrons. The predicted octanol–water partition coefficient (Wildman–Crippen LogP) is 3.31. The Morgan fingerprint density at radius 3 is 2.76 bits per heavy atom. The van der Waals surface area contributed by atoms with Crippen molar-refractivity contribution >= 4 is 33.2 Å². The summed E-state index contributed by atoms with van der Waals surface area (Å²) >= 11 is 7.31. The van der Waals surface area contributed by atoms with E-state index in [-0.39, 0.29) is 5.56 Å². The van der Waals surface area contributed by atoms with Gasteiger partial charge in [-0.2, -0.15) is 0 Å². The van der Waals surface area contributed by atoms with Gasteiger partial charge in [-0.05, 0) is 17.7 Å². The topological polar surface area (TPSA) is 45.8 Å². The first-order valence-corrected chi connectivity index (χ1v) is 6.22. The summed E-state index contributed by atoms with van der Waals surface area (Å²) in [5.41, 5.74) is 1.76. The van der Waals surface area contributed by atoms with Gasteiger partial charge in [0.1, 0.15) is 4.83 Å². The molecule has 5 heteroatoms. The Morgan fingerprint density at radius 2 is 2.00 bits per heavy atom. The molecule has 0 aliphatic carbocycles. The first kappa shape index (κ1) is 10.5. The molecule has 0 spiro atoms. The molecule has 0 aliphatic heterocycles. The highest BCUT2D eigenvalue weighted by atomic mass is 35.5. The van der Waals surface area contributed by atoms with Gasteiger partial charge in [0.25, 0.3) is 5.56 Å². The smallest absolute Gasteiger partial charge is 0.260 e. The summed E-state index contributed by atoms with van der Waals surface area (Å²) in [5.74, 6) is 0. The zero-order valence-electron chi connectivity index (χ0n) is 8.61. The van der Waals surface area contributed by atoms with Gasteiger partial charge < -0.3 is 4.98 Å². The minimum Gasteiger partial charge on any atom is -0.313 e. The largest absolute Gasteiger partial charge is 0.313 e. The molecular formula is C12H7ClN2OS. The lowest BCUT2D eigenvalue weighted by molar-refractivity contribution is 1.18. The van der Waals surface area contributed by atoms with E-state index in [1.165, 1.54) is 17.7 Å². The number of hydrogen-bond donors (Lipinski definition) is 1. The molecule has 0 unspecified atom stereocenters. The maximum absolute atomic E-state index is 11.8. The van der Waals surface area contributed by atoms with E-state index < -0.39 is 0 Å². The second-order valence-electron chi connectivity index (χ2n) is 3.57. The standard InChI is InChI=1S/C12H7ClN2OS/c13-8-3-1-7(2-4-8)9-5-17-12-10(9)11(16)14-6-15-12/h1-6H,(H,14,15,16). The summed E-state index contributed by atoms with van der Waals surface area (Å²) in [7, 11) is 0. The van der Waals surface area contributed by atoms with Gasteiger partial charge in [0.05, 0.1) is 11.7 Å². The Hall–Kier alpha value is -1.65. The Labute approximate surface area is 106 Å². The minimum atomic E-state index is -0.110. The van der Waals surface area contributed by atoms with E-state index in [1.54, 1.807) is 0 Å². The van der Waals surface area contributed by atoms with E-state index in [9.17, 15) is 4.79 Å². The number of H-pyrrole nitrogens is 1. The normalized spacial score (nSPS) is 10.9. The molecule has 1 aromatic carbocycles. The Kier molecular flexibility index (Phi) is 2.46. The lowest BCUT2D eigenvalue weighted by atomic mass is 10.1. The number of aromatic amines is 1. The number of aromatic nitrogens is 2. The van der Waals surface area contributed by atoms with Crippen LogP contribution in [0.25, 0.3) is 21.3 Å². The molecule has 17 heavy (non-hydrogen) atoms. The quantitative estimate of drug-likeness (QED) is 0.731. The van der Waals surface area contributed by atoms with Crippen molar-refractivity contribution in [1.82, 2.24) is 9.97 Å². The third-order valence-corrected chi connectivity index (χ3v) is 3.67. The van der Waals surface area contributed by atoms with Gasteiger partial charge in [0, 0.05) is 16.0 Å². The second kappa shape index (κ2) is 3.98. The summed E-state index contributed by atoms with van der Waals surface area (Å²) < 4.78 is 0. The Balaban J connectivity index is 2.31. The summed E-state index contributed by atoms with van der Waals surface area (Å²) in [6.45, 7) is 0. The van der Waals surface area contributed by atoms with Crippen LogP contribution < -0.4 is 5.56 Å². The molecule has 1 N–H and O–H groups in total. The van der Waals surface area contributed by atoms with E-state index in [0.717, 1.165) is 16.0 Å². The number of fused-ring (bicyclic) bond motifs is 1. The van der Waals surface area contributed by atoms with Gasteiger partial charge in [-0.1, -0.05) is 23.7 Å². The summed E-state index contributed by atoms with van der Waals surface area (Å²) in [6.07, 6.45) is 1.42. The third kappa shape index (κ3) is 1.75. The lowest BCUT2D eigenvalue weighted by Crippen LogP contribution is -2.05. The number of thiophene rings is 1. The van der Waals surface area contributed by atoms with E-state index in [2.05, 4.69) is 9.97 Å². The maximum atomic E-state index is 11.8. The van der Waals surface area contributed by atoms with Gasteiger partial charge in [-0.15, -0.1) is 11.3 Å². The average molecular weight is 263 g/mol. The van der Waals surface area contributed by atoms with Crippen LogP contribution in [0.5, 0.6) is 0 Å². The first-order chi connectivity index (χ1) is 8.25. The first-order valence-electron chi connectivity index (χ1n) is 4.96. The fraction of sp³-hybridized carbons (Fsp3) is 0. The maximum Gasteiger partial charge on any atom is 0.260 e. The van der Waals surface area contributed by atoms with Crippen LogP contribution in [0.3, 0.4) is 0 Å². The number of halogens is 1. The van der Waals surface area contributed by atoms with Gasteiger partial charge in [-0.25, -0.2) is 4.98 Å². The van der Waals surface area contributed by atoms with Crippen LogP contribution >= 0.6 is 22.9 Å². The molecule has 0 amide bonds. The van der Waals surface area contributed by atoms with E-state index in [1.807, 2.05) is 29.6 Å². The zero-order valence-corrected chi connectivity index (χ0v) is 10.2. The van der Waals surface area contributed by atoms with Crippen molar-refractivity contribution in [2.24, 2.45) is 0 Å². The second-order valence-corrected chi connectivity index (χ2v) is 4.86. The van der Waals surface area contributed by atoms with Crippen molar-refractivity contribution < 1.29 is 0 Å². The molecule has 0 bridgehead atoms. The summed E-state index contributed by atoms with van der Waals surface area (Å²) in [4.78, 5) is 19.3. The molecule has 2 aromatic heterocycles. The van der Waals surface area contributed by atoms with Crippen LogP contribution in [0.4, 0.5) is 0 Å². The predicted molar refractivity (Wildman–Crippen MR) is 70.7 cm³/mol. The SMILES string of the molecule is O=c1[nH]cnc2scc(-c3ccc(Cl)cc3)c12. The van der Waals surface area contributed by atoms with Crippen molar-refractivity contribution in [3.63, 3.8) is 0 Å². The van der Waals surface area contributed by atoms with Crippen LogP contribution in [-0.4, -0.2) is 9.97 Å². The van der Waals surface area contributed by atoms with Gasteiger partial charge >= 0.3 is 0 Å². The molecule has 0 aliphatic rings. The number of hydrogen-bond acceptors (Lipinski definition) is 3. The monoisotopic (exact) mass is 262 g/mol. The van der Waals surface area contributed by atoms with Crippen LogP contribution in [0.1, 0.15) is 0 Å². The summed E-state index contributed by atoms with van der Waals surface area (Å²) in [5, 5.41) is 3.26. The molecule has 3 nitrogen and oxygen atoms in total.